The minimum Gasteiger partial charge on any atom is -0.466 e. The summed E-state index contributed by atoms with van der Waals surface area (Å²) in [5.41, 5.74) is 2.72. The smallest absolute Gasteiger partial charge is 0.251 e. The molecule has 0 fully saturated rings. The molecule has 2 N–H and O–H groups in total. The summed E-state index contributed by atoms with van der Waals surface area (Å²) in [6, 6.07) is 9.68. The van der Waals surface area contributed by atoms with Gasteiger partial charge in [0.2, 0.25) is 0 Å². The maximum atomic E-state index is 11.9. The van der Waals surface area contributed by atoms with E-state index < -0.39 is 0 Å². The molecule has 1 unspecified atom stereocenters. The Hall–Kier alpha value is -2.23. The predicted octanol–water partition coefficient (Wildman–Crippen LogP) is 3.82. The highest BCUT2D eigenvalue weighted by Gasteiger charge is 2.13. The molecule has 1 aromatic heterocycles. The number of nitrogens with one attached hydrogen (secondary N) is 2. The number of anilines is 1. The van der Waals surface area contributed by atoms with Crippen molar-refractivity contribution in [3.63, 3.8) is 0 Å². The van der Waals surface area contributed by atoms with Crippen molar-refractivity contribution in [2.45, 2.75) is 33.7 Å². The molecule has 0 aliphatic heterocycles. The summed E-state index contributed by atoms with van der Waals surface area (Å²) >= 11 is 0. The second-order valence-electron chi connectivity index (χ2n) is 5.17. The van der Waals surface area contributed by atoms with Crippen molar-refractivity contribution in [2.75, 3.05) is 11.9 Å². The highest BCUT2D eigenvalue weighted by atomic mass is 16.3. The molecule has 112 valence electrons. The Kier molecular flexibility index (Phi) is 4.68. The Labute approximate surface area is 125 Å². The van der Waals surface area contributed by atoms with Gasteiger partial charge in [-0.05, 0) is 52.0 Å². The first-order valence-corrected chi connectivity index (χ1v) is 7.23. The summed E-state index contributed by atoms with van der Waals surface area (Å²) < 4.78 is 5.56. The van der Waals surface area contributed by atoms with E-state index in [4.69, 9.17) is 4.42 Å². The van der Waals surface area contributed by atoms with Crippen LogP contribution in [0.2, 0.25) is 0 Å². The van der Waals surface area contributed by atoms with Gasteiger partial charge in [-0.3, -0.25) is 4.79 Å². The summed E-state index contributed by atoms with van der Waals surface area (Å²) in [6.45, 7) is 8.52. The zero-order valence-corrected chi connectivity index (χ0v) is 13.0. The van der Waals surface area contributed by atoms with Gasteiger partial charge in [0.1, 0.15) is 11.5 Å². The predicted molar refractivity (Wildman–Crippen MR) is 84.7 cm³/mol. The standard InChI is InChI=1S/C17H22N2O2/c1-5-18-17(20)14-7-6-8-15(10-14)19-12(3)16-9-11(2)21-13(16)4/h6-10,12,19H,5H2,1-4H3,(H,18,20). The number of hydrogen-bond acceptors (Lipinski definition) is 3. The van der Waals surface area contributed by atoms with Gasteiger partial charge in [-0.2, -0.15) is 0 Å². The molecule has 21 heavy (non-hydrogen) atoms. The molecule has 0 saturated carbocycles. The Bertz CT molecular complexity index is 631. The van der Waals surface area contributed by atoms with E-state index in [1.54, 1.807) is 0 Å². The molecule has 4 nitrogen and oxygen atoms in total. The van der Waals surface area contributed by atoms with Gasteiger partial charge >= 0.3 is 0 Å². The van der Waals surface area contributed by atoms with Crippen molar-refractivity contribution in [1.29, 1.82) is 0 Å². The summed E-state index contributed by atoms with van der Waals surface area (Å²) in [5, 5.41) is 6.21. The number of aryl methyl sites for hydroxylation is 2. The molecule has 0 saturated heterocycles. The Morgan fingerprint density at radius 3 is 2.67 bits per heavy atom. The fourth-order valence-electron chi connectivity index (χ4n) is 2.42. The summed E-state index contributed by atoms with van der Waals surface area (Å²) in [7, 11) is 0. The van der Waals surface area contributed by atoms with Crippen LogP contribution in [0.5, 0.6) is 0 Å². The van der Waals surface area contributed by atoms with Crippen LogP contribution in [-0.4, -0.2) is 12.5 Å². The minimum atomic E-state index is -0.0517. The number of furan rings is 1. The highest BCUT2D eigenvalue weighted by molar-refractivity contribution is 5.95. The highest BCUT2D eigenvalue weighted by Crippen LogP contribution is 2.25. The fourth-order valence-corrected chi connectivity index (χ4v) is 2.42. The van der Waals surface area contributed by atoms with Crippen molar-refractivity contribution >= 4 is 11.6 Å². The molecule has 0 aliphatic carbocycles. The van der Waals surface area contributed by atoms with Crippen LogP contribution >= 0.6 is 0 Å². The molecule has 0 spiro atoms. The van der Waals surface area contributed by atoms with E-state index in [1.807, 2.05) is 51.1 Å². The van der Waals surface area contributed by atoms with Crippen LogP contribution < -0.4 is 10.6 Å². The van der Waals surface area contributed by atoms with Crippen molar-refractivity contribution in [1.82, 2.24) is 5.32 Å². The van der Waals surface area contributed by atoms with E-state index in [0.29, 0.717) is 12.1 Å². The molecule has 4 heteroatoms. The lowest BCUT2D eigenvalue weighted by atomic mass is 10.1. The topological polar surface area (TPSA) is 54.3 Å². The van der Waals surface area contributed by atoms with Gasteiger partial charge in [-0.1, -0.05) is 6.07 Å². The average molecular weight is 286 g/mol. The summed E-state index contributed by atoms with van der Waals surface area (Å²) in [4.78, 5) is 11.9. The molecule has 1 heterocycles. The van der Waals surface area contributed by atoms with Crippen LogP contribution in [0.4, 0.5) is 5.69 Å². The van der Waals surface area contributed by atoms with Crippen LogP contribution in [-0.2, 0) is 0 Å². The first-order valence-electron chi connectivity index (χ1n) is 7.23. The Balaban J connectivity index is 2.14. The van der Waals surface area contributed by atoms with Crippen molar-refractivity contribution < 1.29 is 9.21 Å². The first-order chi connectivity index (χ1) is 10.0. The molecule has 1 atom stereocenters. The van der Waals surface area contributed by atoms with E-state index in [1.165, 1.54) is 0 Å². The normalized spacial score (nSPS) is 12.0. The first kappa shape index (κ1) is 15.2. The molecule has 0 aliphatic rings. The maximum absolute atomic E-state index is 11.9. The third kappa shape index (κ3) is 3.66. The van der Waals surface area contributed by atoms with Crippen LogP contribution in [0.25, 0.3) is 0 Å². The molecule has 0 radical (unpaired) electrons. The van der Waals surface area contributed by atoms with Crippen LogP contribution in [0.1, 0.15) is 47.3 Å². The summed E-state index contributed by atoms with van der Waals surface area (Å²) in [5.74, 6) is 1.78. The largest absolute Gasteiger partial charge is 0.466 e. The van der Waals surface area contributed by atoms with Gasteiger partial charge in [0.15, 0.2) is 0 Å². The number of hydrogen-bond donors (Lipinski definition) is 2. The second kappa shape index (κ2) is 6.48. The van der Waals surface area contributed by atoms with Crippen molar-refractivity contribution in [3.05, 3.63) is 53.0 Å². The third-order valence-electron chi connectivity index (χ3n) is 3.39. The lowest BCUT2D eigenvalue weighted by molar-refractivity contribution is 0.0956. The molecular weight excluding hydrogens is 264 g/mol. The van der Waals surface area contributed by atoms with Crippen LogP contribution in [0, 0.1) is 13.8 Å². The molecule has 1 aromatic carbocycles. The number of carbonyl (C=O) groups excluding carboxylic acids is 1. The van der Waals surface area contributed by atoms with Gasteiger partial charge < -0.3 is 15.1 Å². The lowest BCUT2D eigenvalue weighted by Crippen LogP contribution is -2.22. The van der Waals surface area contributed by atoms with E-state index in [-0.39, 0.29) is 11.9 Å². The molecule has 2 aromatic rings. The van der Waals surface area contributed by atoms with E-state index in [2.05, 4.69) is 17.6 Å². The van der Waals surface area contributed by atoms with Gasteiger partial charge in [-0.15, -0.1) is 0 Å². The van der Waals surface area contributed by atoms with E-state index >= 15 is 0 Å². The molecular formula is C17H22N2O2. The third-order valence-corrected chi connectivity index (χ3v) is 3.39. The van der Waals surface area contributed by atoms with Crippen LogP contribution in [0.3, 0.4) is 0 Å². The number of amides is 1. The number of carbonyl (C=O) groups is 1. The number of rotatable bonds is 5. The van der Waals surface area contributed by atoms with Crippen LogP contribution in [0.15, 0.2) is 34.7 Å². The Morgan fingerprint density at radius 2 is 2.05 bits per heavy atom. The minimum absolute atomic E-state index is 0.0517. The zero-order chi connectivity index (χ0) is 15.4. The number of benzene rings is 1. The van der Waals surface area contributed by atoms with Gasteiger partial charge in [-0.25, -0.2) is 0 Å². The lowest BCUT2D eigenvalue weighted by Gasteiger charge is -2.15. The van der Waals surface area contributed by atoms with Gasteiger partial charge in [0.25, 0.3) is 5.91 Å². The Morgan fingerprint density at radius 1 is 1.29 bits per heavy atom. The molecule has 2 rings (SSSR count). The quantitative estimate of drug-likeness (QED) is 0.878. The van der Waals surface area contributed by atoms with E-state index in [9.17, 15) is 4.79 Å². The maximum Gasteiger partial charge on any atom is 0.251 e. The summed E-state index contributed by atoms with van der Waals surface area (Å²) in [6.07, 6.45) is 0. The van der Waals surface area contributed by atoms with Gasteiger partial charge in [0, 0.05) is 23.4 Å². The SMILES string of the molecule is CCNC(=O)c1cccc(NC(C)c2cc(C)oc2C)c1. The van der Waals surface area contributed by atoms with Gasteiger partial charge in [0.05, 0.1) is 6.04 Å². The molecule has 1 amide bonds. The fraction of sp³-hybridized carbons (Fsp3) is 0.353. The van der Waals surface area contributed by atoms with Crippen molar-refractivity contribution in [2.24, 2.45) is 0 Å². The monoisotopic (exact) mass is 286 g/mol. The second-order valence-corrected chi connectivity index (χ2v) is 5.17. The molecule has 0 bridgehead atoms. The zero-order valence-electron chi connectivity index (χ0n) is 13.0. The van der Waals surface area contributed by atoms with E-state index in [0.717, 1.165) is 22.8 Å². The average Bonchev–Trinajstić information content (AvgIpc) is 2.78. The van der Waals surface area contributed by atoms with Crippen molar-refractivity contribution in [3.8, 4) is 0 Å².